The van der Waals surface area contributed by atoms with Gasteiger partial charge in [-0.25, -0.2) is 0 Å². The summed E-state index contributed by atoms with van der Waals surface area (Å²) in [7, 11) is 0. The number of nitrogens with zero attached hydrogens (tertiary/aromatic N) is 1. The smallest absolute Gasteiger partial charge is 0.213 e. The molecule has 0 aliphatic carbocycles. The van der Waals surface area contributed by atoms with Gasteiger partial charge in [-0.15, -0.1) is 0 Å². The zero-order valence-corrected chi connectivity index (χ0v) is 16.7. The minimum atomic E-state index is 0.430. The molecule has 1 aliphatic heterocycles. The lowest BCUT2D eigenvalue weighted by Gasteiger charge is -2.20. The number of rotatable bonds is 2. The highest BCUT2D eigenvalue weighted by Crippen LogP contribution is 2.50. The van der Waals surface area contributed by atoms with Gasteiger partial charge in [0.2, 0.25) is 5.75 Å². The third kappa shape index (κ3) is 2.50. The largest absolute Gasteiger partial charge is 0.451 e. The monoisotopic (exact) mass is 393 g/mol. The highest BCUT2D eigenvalue weighted by atomic mass is 16.6. The fourth-order valence-corrected chi connectivity index (χ4v) is 4.00. The first-order valence-corrected chi connectivity index (χ1v) is 10.1. The van der Waals surface area contributed by atoms with Crippen LogP contribution in [0.4, 0.5) is 0 Å². The summed E-state index contributed by atoms with van der Waals surface area (Å²) in [5.41, 5.74) is 4.61. The second-order valence-corrected chi connectivity index (χ2v) is 7.83. The lowest BCUT2D eigenvalue weighted by Crippen LogP contribution is -1.98. The first-order chi connectivity index (χ1) is 14.7. The number of benzene rings is 3. The summed E-state index contributed by atoms with van der Waals surface area (Å²) in [5.74, 6) is 3.08. The number of ether oxygens (including phenoxy) is 2. The SMILES string of the molecule is CC(C)c1ccnc(-c2cccc3c2oc2c4c(ccc23)Oc2ccccc2O4)c1. The summed E-state index contributed by atoms with van der Waals surface area (Å²) < 4.78 is 18.6. The Morgan fingerprint density at radius 1 is 0.733 bits per heavy atom. The van der Waals surface area contributed by atoms with Gasteiger partial charge in [-0.05, 0) is 53.9 Å². The van der Waals surface area contributed by atoms with E-state index in [1.165, 1.54) is 5.56 Å². The van der Waals surface area contributed by atoms with Crippen LogP contribution in [-0.2, 0) is 0 Å². The van der Waals surface area contributed by atoms with Crippen molar-refractivity contribution >= 4 is 21.9 Å². The third-order valence-electron chi connectivity index (χ3n) is 5.59. The molecule has 2 aromatic heterocycles. The predicted molar refractivity (Wildman–Crippen MR) is 118 cm³/mol. The second kappa shape index (κ2) is 6.36. The van der Waals surface area contributed by atoms with Crippen molar-refractivity contribution in [1.82, 2.24) is 4.98 Å². The Balaban J connectivity index is 1.58. The topological polar surface area (TPSA) is 44.5 Å². The molecule has 0 bridgehead atoms. The molecule has 5 aromatic rings. The summed E-state index contributed by atoms with van der Waals surface area (Å²) in [6.07, 6.45) is 1.86. The normalized spacial score (nSPS) is 12.5. The van der Waals surface area contributed by atoms with E-state index in [9.17, 15) is 0 Å². The molecule has 146 valence electrons. The number of hydrogen-bond acceptors (Lipinski definition) is 4. The van der Waals surface area contributed by atoms with E-state index in [1.54, 1.807) is 0 Å². The maximum Gasteiger partial charge on any atom is 0.213 e. The number of hydrogen-bond donors (Lipinski definition) is 0. The van der Waals surface area contributed by atoms with Gasteiger partial charge in [0.1, 0.15) is 5.58 Å². The Kier molecular flexibility index (Phi) is 3.62. The minimum absolute atomic E-state index is 0.430. The van der Waals surface area contributed by atoms with E-state index in [1.807, 2.05) is 48.7 Å². The second-order valence-electron chi connectivity index (χ2n) is 7.83. The molecule has 4 nitrogen and oxygen atoms in total. The molecule has 0 saturated heterocycles. The van der Waals surface area contributed by atoms with Crippen LogP contribution in [0.15, 0.2) is 77.3 Å². The average molecular weight is 393 g/mol. The van der Waals surface area contributed by atoms with Crippen molar-refractivity contribution in [1.29, 1.82) is 0 Å². The minimum Gasteiger partial charge on any atom is -0.451 e. The van der Waals surface area contributed by atoms with E-state index in [-0.39, 0.29) is 0 Å². The number of pyridine rings is 1. The Morgan fingerprint density at radius 3 is 2.37 bits per heavy atom. The molecule has 3 heterocycles. The van der Waals surface area contributed by atoms with E-state index < -0.39 is 0 Å². The van der Waals surface area contributed by atoms with Crippen molar-refractivity contribution in [2.45, 2.75) is 19.8 Å². The number of aromatic nitrogens is 1. The van der Waals surface area contributed by atoms with Crippen LogP contribution in [0.1, 0.15) is 25.3 Å². The summed E-state index contributed by atoms with van der Waals surface area (Å²) >= 11 is 0. The summed E-state index contributed by atoms with van der Waals surface area (Å²) in [4.78, 5) is 4.61. The van der Waals surface area contributed by atoms with Crippen LogP contribution in [0, 0.1) is 0 Å². The lowest BCUT2D eigenvalue weighted by atomic mass is 10.0. The Morgan fingerprint density at radius 2 is 1.53 bits per heavy atom. The molecule has 6 rings (SSSR count). The van der Waals surface area contributed by atoms with E-state index in [2.05, 4.69) is 43.1 Å². The van der Waals surface area contributed by atoms with Gasteiger partial charge in [0.05, 0.1) is 5.69 Å². The van der Waals surface area contributed by atoms with Gasteiger partial charge in [0.25, 0.3) is 0 Å². The van der Waals surface area contributed by atoms with Gasteiger partial charge < -0.3 is 13.9 Å². The van der Waals surface area contributed by atoms with Gasteiger partial charge in [0.15, 0.2) is 22.8 Å². The molecule has 3 aromatic carbocycles. The molecule has 30 heavy (non-hydrogen) atoms. The highest BCUT2D eigenvalue weighted by molar-refractivity contribution is 6.11. The molecule has 0 spiro atoms. The molecule has 0 atom stereocenters. The highest BCUT2D eigenvalue weighted by Gasteiger charge is 2.24. The fraction of sp³-hybridized carbons (Fsp3) is 0.115. The maximum atomic E-state index is 6.41. The van der Waals surface area contributed by atoms with Crippen molar-refractivity contribution in [3.8, 4) is 34.3 Å². The van der Waals surface area contributed by atoms with Crippen LogP contribution >= 0.6 is 0 Å². The summed E-state index contributed by atoms with van der Waals surface area (Å²) in [6.45, 7) is 4.37. The Labute approximate surface area is 173 Å². The number of para-hydroxylation sites is 3. The molecule has 0 fully saturated rings. The molecular weight excluding hydrogens is 374 g/mol. The molecule has 0 N–H and O–H groups in total. The van der Waals surface area contributed by atoms with Crippen molar-refractivity contribution in [2.75, 3.05) is 0 Å². The standard InChI is InChI=1S/C26H19NO3/c1-15(2)16-12-13-27-20(14-16)19-7-5-6-17-18-10-11-23-26(25(18)30-24(17)19)29-22-9-4-3-8-21(22)28-23/h3-15H,1-2H3. The molecule has 1 aliphatic rings. The number of furan rings is 1. The Hall–Kier alpha value is -3.79. The van der Waals surface area contributed by atoms with E-state index in [0.29, 0.717) is 34.5 Å². The van der Waals surface area contributed by atoms with E-state index in [0.717, 1.165) is 27.6 Å². The van der Waals surface area contributed by atoms with Crippen molar-refractivity contribution in [3.63, 3.8) is 0 Å². The van der Waals surface area contributed by atoms with Crippen LogP contribution in [-0.4, -0.2) is 4.98 Å². The maximum absolute atomic E-state index is 6.41. The van der Waals surface area contributed by atoms with Gasteiger partial charge in [-0.1, -0.05) is 38.1 Å². The molecule has 0 amide bonds. The summed E-state index contributed by atoms with van der Waals surface area (Å²) in [6, 6.07) is 22.0. The molecule has 4 heteroatoms. The number of fused-ring (bicyclic) bond motifs is 6. The van der Waals surface area contributed by atoms with Crippen molar-refractivity contribution in [3.05, 3.63) is 78.5 Å². The van der Waals surface area contributed by atoms with Gasteiger partial charge in [-0.3, -0.25) is 4.98 Å². The van der Waals surface area contributed by atoms with Crippen molar-refractivity contribution in [2.24, 2.45) is 0 Å². The Bertz CT molecular complexity index is 1430. The third-order valence-corrected chi connectivity index (χ3v) is 5.59. The molecule has 0 saturated carbocycles. The molecular formula is C26H19NO3. The quantitative estimate of drug-likeness (QED) is 0.303. The zero-order valence-electron chi connectivity index (χ0n) is 16.7. The van der Waals surface area contributed by atoms with Crippen LogP contribution in [0.5, 0.6) is 23.0 Å². The van der Waals surface area contributed by atoms with Gasteiger partial charge >= 0.3 is 0 Å². The predicted octanol–water partition coefficient (Wildman–Crippen LogP) is 7.67. The van der Waals surface area contributed by atoms with Gasteiger partial charge in [-0.2, -0.15) is 0 Å². The first kappa shape index (κ1) is 17.1. The van der Waals surface area contributed by atoms with E-state index in [4.69, 9.17) is 13.9 Å². The molecule has 0 radical (unpaired) electrons. The van der Waals surface area contributed by atoms with Gasteiger partial charge in [0, 0.05) is 22.5 Å². The molecule has 0 unspecified atom stereocenters. The van der Waals surface area contributed by atoms with Crippen LogP contribution in [0.2, 0.25) is 0 Å². The fourth-order valence-electron chi connectivity index (χ4n) is 4.00. The lowest BCUT2D eigenvalue weighted by molar-refractivity contribution is 0.359. The van der Waals surface area contributed by atoms with E-state index >= 15 is 0 Å². The zero-order chi connectivity index (χ0) is 20.2. The van der Waals surface area contributed by atoms with Crippen LogP contribution < -0.4 is 9.47 Å². The van der Waals surface area contributed by atoms with Crippen LogP contribution in [0.25, 0.3) is 33.2 Å². The average Bonchev–Trinajstić information content (AvgIpc) is 3.17. The summed E-state index contributed by atoms with van der Waals surface area (Å²) in [5, 5.41) is 2.03. The van der Waals surface area contributed by atoms with Crippen molar-refractivity contribution < 1.29 is 13.9 Å². The first-order valence-electron chi connectivity index (χ1n) is 10.1. The van der Waals surface area contributed by atoms with Crippen LogP contribution in [0.3, 0.4) is 0 Å².